The van der Waals surface area contributed by atoms with Gasteiger partial charge in [0.1, 0.15) is 11.5 Å². The lowest BCUT2D eigenvalue weighted by atomic mass is 10.2. The zero-order valence-electron chi connectivity index (χ0n) is 16.0. The molecule has 0 atom stereocenters. The molecule has 0 N–H and O–H groups in total. The lowest BCUT2D eigenvalue weighted by molar-refractivity contribution is 0.304. The smallest absolute Gasteiger partial charge is 0.248 e. The number of aromatic nitrogens is 2. The summed E-state index contributed by atoms with van der Waals surface area (Å²) in [5, 5.41) is 8.29. The van der Waals surface area contributed by atoms with Gasteiger partial charge in [-0.15, -0.1) is 10.2 Å². The molecule has 142 valence electrons. The largest absolute Gasteiger partial charge is 0.497 e. The zero-order chi connectivity index (χ0) is 18.9. The maximum atomic E-state index is 5.80. The van der Waals surface area contributed by atoms with Crippen molar-refractivity contribution in [3.8, 4) is 34.4 Å². The molecular weight excluding hydrogens is 340 g/mol. The van der Waals surface area contributed by atoms with E-state index in [1.165, 1.54) is 25.7 Å². The van der Waals surface area contributed by atoms with E-state index >= 15 is 0 Å². The molecule has 0 saturated heterocycles. The van der Waals surface area contributed by atoms with Gasteiger partial charge >= 0.3 is 0 Å². The number of hydrogen-bond acceptors (Lipinski definition) is 5. The van der Waals surface area contributed by atoms with Gasteiger partial charge in [-0.2, -0.15) is 0 Å². The van der Waals surface area contributed by atoms with Crippen molar-refractivity contribution in [2.45, 2.75) is 39.0 Å². The van der Waals surface area contributed by atoms with Crippen molar-refractivity contribution in [2.24, 2.45) is 0 Å². The van der Waals surface area contributed by atoms with E-state index in [0.717, 1.165) is 35.7 Å². The Labute approximate surface area is 160 Å². The van der Waals surface area contributed by atoms with Gasteiger partial charge in [-0.1, -0.05) is 32.6 Å². The molecule has 2 aromatic carbocycles. The topological polar surface area (TPSA) is 57.4 Å². The van der Waals surface area contributed by atoms with Crippen LogP contribution in [-0.4, -0.2) is 23.9 Å². The van der Waals surface area contributed by atoms with Crippen molar-refractivity contribution >= 4 is 0 Å². The molecule has 0 radical (unpaired) electrons. The summed E-state index contributed by atoms with van der Waals surface area (Å²) < 4.78 is 16.8. The van der Waals surface area contributed by atoms with Gasteiger partial charge in [-0.25, -0.2) is 0 Å². The fourth-order valence-corrected chi connectivity index (χ4v) is 2.78. The molecule has 27 heavy (non-hydrogen) atoms. The Morgan fingerprint density at radius 3 is 1.85 bits per heavy atom. The quantitative estimate of drug-likeness (QED) is 0.427. The van der Waals surface area contributed by atoms with E-state index in [1.807, 2.05) is 48.5 Å². The van der Waals surface area contributed by atoms with Crippen LogP contribution in [0.25, 0.3) is 22.9 Å². The summed E-state index contributed by atoms with van der Waals surface area (Å²) in [5.41, 5.74) is 1.73. The van der Waals surface area contributed by atoms with Gasteiger partial charge in [0, 0.05) is 11.1 Å². The number of benzene rings is 2. The molecule has 0 aliphatic rings. The summed E-state index contributed by atoms with van der Waals surface area (Å²) in [5.74, 6) is 2.63. The highest BCUT2D eigenvalue weighted by molar-refractivity contribution is 5.59. The fourth-order valence-electron chi connectivity index (χ4n) is 2.78. The molecule has 0 unspecified atom stereocenters. The van der Waals surface area contributed by atoms with Gasteiger partial charge in [0.05, 0.1) is 13.7 Å². The van der Waals surface area contributed by atoms with Crippen LogP contribution in [0.2, 0.25) is 0 Å². The molecule has 0 bridgehead atoms. The highest BCUT2D eigenvalue weighted by Crippen LogP contribution is 2.26. The monoisotopic (exact) mass is 366 g/mol. The number of unbranched alkanes of at least 4 members (excludes halogenated alkanes) is 4. The molecule has 1 heterocycles. The standard InChI is InChI=1S/C22H26N2O3/c1-3-4-5-6-7-16-26-20-14-10-18(11-15-20)22-24-23-21(27-22)17-8-12-19(25-2)13-9-17/h8-15H,3-7,16H2,1-2H3. The van der Waals surface area contributed by atoms with Crippen LogP contribution in [0.4, 0.5) is 0 Å². The third kappa shape index (κ3) is 5.33. The lowest BCUT2D eigenvalue weighted by Crippen LogP contribution is -1.97. The highest BCUT2D eigenvalue weighted by atomic mass is 16.5. The summed E-state index contributed by atoms with van der Waals surface area (Å²) >= 11 is 0. The fraction of sp³-hybridized carbons (Fsp3) is 0.364. The molecule has 0 amide bonds. The van der Waals surface area contributed by atoms with E-state index in [1.54, 1.807) is 7.11 Å². The third-order valence-corrected chi connectivity index (χ3v) is 4.38. The minimum Gasteiger partial charge on any atom is -0.497 e. The van der Waals surface area contributed by atoms with Crippen LogP contribution in [0.1, 0.15) is 39.0 Å². The van der Waals surface area contributed by atoms with Gasteiger partial charge < -0.3 is 13.9 Å². The molecule has 0 aliphatic carbocycles. The van der Waals surface area contributed by atoms with Crippen molar-refractivity contribution in [2.75, 3.05) is 13.7 Å². The molecule has 0 fully saturated rings. The van der Waals surface area contributed by atoms with Crippen molar-refractivity contribution < 1.29 is 13.9 Å². The summed E-state index contributed by atoms with van der Waals surface area (Å²) in [6, 6.07) is 15.3. The van der Waals surface area contributed by atoms with E-state index in [-0.39, 0.29) is 0 Å². The lowest BCUT2D eigenvalue weighted by Gasteiger charge is -2.06. The van der Waals surface area contributed by atoms with Crippen molar-refractivity contribution in [3.05, 3.63) is 48.5 Å². The summed E-state index contributed by atoms with van der Waals surface area (Å²) in [4.78, 5) is 0. The first-order valence-electron chi connectivity index (χ1n) is 9.51. The van der Waals surface area contributed by atoms with E-state index < -0.39 is 0 Å². The molecule has 5 nitrogen and oxygen atoms in total. The van der Waals surface area contributed by atoms with E-state index in [0.29, 0.717) is 11.8 Å². The van der Waals surface area contributed by atoms with Crippen LogP contribution in [0, 0.1) is 0 Å². The van der Waals surface area contributed by atoms with Crippen molar-refractivity contribution in [1.82, 2.24) is 10.2 Å². The average molecular weight is 366 g/mol. The summed E-state index contributed by atoms with van der Waals surface area (Å²) in [7, 11) is 1.64. The van der Waals surface area contributed by atoms with Gasteiger partial charge in [0.25, 0.3) is 0 Å². The minimum atomic E-state index is 0.486. The molecular formula is C22H26N2O3. The first-order valence-corrected chi connectivity index (χ1v) is 9.51. The van der Waals surface area contributed by atoms with Crippen LogP contribution in [0.3, 0.4) is 0 Å². The Kier molecular flexibility index (Phi) is 6.85. The Hall–Kier alpha value is -2.82. The first-order chi connectivity index (χ1) is 13.3. The Balaban J connectivity index is 1.56. The minimum absolute atomic E-state index is 0.486. The maximum absolute atomic E-state index is 5.80. The van der Waals surface area contributed by atoms with Crippen molar-refractivity contribution in [3.63, 3.8) is 0 Å². The summed E-state index contributed by atoms with van der Waals surface area (Å²) in [6.07, 6.45) is 6.17. The second-order valence-corrected chi connectivity index (χ2v) is 6.43. The predicted octanol–water partition coefficient (Wildman–Crippen LogP) is 5.76. The molecule has 5 heteroatoms. The van der Waals surface area contributed by atoms with Crippen LogP contribution in [-0.2, 0) is 0 Å². The number of ether oxygens (including phenoxy) is 2. The molecule has 0 aliphatic heterocycles. The second-order valence-electron chi connectivity index (χ2n) is 6.43. The summed E-state index contributed by atoms with van der Waals surface area (Å²) in [6.45, 7) is 2.98. The second kappa shape index (κ2) is 9.76. The third-order valence-electron chi connectivity index (χ3n) is 4.38. The molecule has 0 spiro atoms. The normalized spacial score (nSPS) is 10.7. The number of rotatable bonds is 10. The zero-order valence-corrected chi connectivity index (χ0v) is 16.0. The van der Waals surface area contributed by atoms with Gasteiger partial charge in [-0.3, -0.25) is 0 Å². The van der Waals surface area contributed by atoms with Crippen molar-refractivity contribution in [1.29, 1.82) is 0 Å². The number of nitrogens with zero attached hydrogens (tertiary/aromatic N) is 2. The Bertz CT molecular complexity index is 810. The van der Waals surface area contributed by atoms with E-state index in [9.17, 15) is 0 Å². The molecule has 0 saturated carbocycles. The van der Waals surface area contributed by atoms with Crippen LogP contribution in [0.15, 0.2) is 52.9 Å². The number of hydrogen-bond donors (Lipinski definition) is 0. The average Bonchev–Trinajstić information content (AvgIpc) is 3.21. The maximum Gasteiger partial charge on any atom is 0.248 e. The van der Waals surface area contributed by atoms with Crippen LogP contribution < -0.4 is 9.47 Å². The van der Waals surface area contributed by atoms with E-state index in [2.05, 4.69) is 17.1 Å². The van der Waals surface area contributed by atoms with Gasteiger partial charge in [-0.05, 0) is 55.0 Å². The highest BCUT2D eigenvalue weighted by Gasteiger charge is 2.10. The predicted molar refractivity (Wildman–Crippen MR) is 106 cm³/mol. The van der Waals surface area contributed by atoms with Gasteiger partial charge in [0.15, 0.2) is 0 Å². The number of methoxy groups -OCH3 is 1. The molecule has 1 aromatic heterocycles. The Morgan fingerprint density at radius 1 is 0.741 bits per heavy atom. The van der Waals surface area contributed by atoms with Crippen LogP contribution in [0.5, 0.6) is 11.5 Å². The first kappa shape index (κ1) is 19.0. The molecule has 3 aromatic rings. The molecule has 3 rings (SSSR count). The van der Waals surface area contributed by atoms with E-state index in [4.69, 9.17) is 13.9 Å². The van der Waals surface area contributed by atoms with Crippen LogP contribution >= 0.6 is 0 Å². The van der Waals surface area contributed by atoms with Gasteiger partial charge in [0.2, 0.25) is 11.8 Å². The Morgan fingerprint density at radius 2 is 1.30 bits per heavy atom. The SMILES string of the molecule is CCCCCCCOc1ccc(-c2nnc(-c3ccc(OC)cc3)o2)cc1.